The van der Waals surface area contributed by atoms with Crippen molar-refractivity contribution in [2.75, 3.05) is 16.4 Å². The molecule has 1 aliphatic rings. The van der Waals surface area contributed by atoms with E-state index in [2.05, 4.69) is 0 Å². The molecular formula is C11H9NO4S. The largest absolute Gasteiger partial charge is 0.478 e. The number of carboxylic acids is 1. The predicted molar refractivity (Wildman–Crippen MR) is 63.2 cm³/mol. The third kappa shape index (κ3) is 2.16. The van der Waals surface area contributed by atoms with E-state index in [9.17, 15) is 14.4 Å². The molecule has 1 heterocycles. The highest BCUT2D eigenvalue weighted by Gasteiger charge is 2.30. The van der Waals surface area contributed by atoms with E-state index in [0.29, 0.717) is 0 Å². The van der Waals surface area contributed by atoms with Gasteiger partial charge in [0.15, 0.2) is 0 Å². The number of rotatable bonds is 2. The van der Waals surface area contributed by atoms with Gasteiger partial charge in [-0.25, -0.2) is 9.69 Å². The van der Waals surface area contributed by atoms with Crippen molar-refractivity contribution < 1.29 is 19.5 Å². The number of aromatic carboxylic acids is 1. The first-order valence-electron chi connectivity index (χ1n) is 4.87. The monoisotopic (exact) mass is 251 g/mol. The number of carboxylic acid groups (broad SMARTS) is 1. The molecule has 1 N–H and O–H groups in total. The summed E-state index contributed by atoms with van der Waals surface area (Å²) in [4.78, 5) is 35.3. The number of amides is 2. The standard InChI is InChI=1S/C11H9NO4S/c13-9-5-17-6-10(14)12(9)8-4-2-1-3-7(8)11(15)16/h1-4H,5-6H2,(H,15,16). The van der Waals surface area contributed by atoms with Gasteiger partial charge in [0.2, 0.25) is 11.8 Å². The summed E-state index contributed by atoms with van der Waals surface area (Å²) in [5.41, 5.74) is 0.108. The number of hydrogen-bond donors (Lipinski definition) is 1. The van der Waals surface area contributed by atoms with Gasteiger partial charge in [-0.3, -0.25) is 9.59 Å². The maximum absolute atomic E-state index is 11.7. The molecule has 2 rings (SSSR count). The van der Waals surface area contributed by atoms with Crippen LogP contribution in [0.25, 0.3) is 0 Å². The first kappa shape index (κ1) is 11.7. The topological polar surface area (TPSA) is 74.7 Å². The van der Waals surface area contributed by atoms with Gasteiger partial charge in [0.05, 0.1) is 22.8 Å². The molecule has 0 unspecified atom stereocenters. The predicted octanol–water partition coefficient (Wildman–Crippen LogP) is 0.991. The lowest BCUT2D eigenvalue weighted by Crippen LogP contribution is -2.43. The minimum atomic E-state index is -1.15. The van der Waals surface area contributed by atoms with Crippen LogP contribution >= 0.6 is 11.8 Å². The molecule has 0 bridgehead atoms. The lowest BCUT2D eigenvalue weighted by Gasteiger charge is -2.25. The summed E-state index contributed by atoms with van der Waals surface area (Å²) in [5.74, 6) is -1.52. The van der Waals surface area contributed by atoms with Crippen LogP contribution in [0.1, 0.15) is 10.4 Å². The molecule has 0 atom stereocenters. The number of carbonyl (C=O) groups excluding carboxylic acids is 2. The van der Waals surface area contributed by atoms with Gasteiger partial charge in [0, 0.05) is 0 Å². The molecule has 1 aromatic rings. The second kappa shape index (κ2) is 4.58. The van der Waals surface area contributed by atoms with E-state index in [4.69, 9.17) is 5.11 Å². The Hall–Kier alpha value is -1.82. The van der Waals surface area contributed by atoms with Crippen molar-refractivity contribution in [3.8, 4) is 0 Å². The highest BCUT2D eigenvalue weighted by molar-refractivity contribution is 8.00. The van der Waals surface area contributed by atoms with Gasteiger partial charge >= 0.3 is 5.97 Å². The number of thioether (sulfide) groups is 1. The zero-order valence-electron chi connectivity index (χ0n) is 8.75. The van der Waals surface area contributed by atoms with E-state index in [0.717, 1.165) is 4.90 Å². The highest BCUT2D eigenvalue weighted by atomic mass is 32.2. The second-order valence-corrected chi connectivity index (χ2v) is 4.42. The molecule has 6 heteroatoms. The average molecular weight is 251 g/mol. The number of para-hydroxylation sites is 1. The van der Waals surface area contributed by atoms with Gasteiger partial charge in [-0.2, -0.15) is 0 Å². The lowest BCUT2D eigenvalue weighted by molar-refractivity contribution is -0.124. The van der Waals surface area contributed by atoms with Crippen molar-refractivity contribution in [1.82, 2.24) is 0 Å². The molecule has 1 fully saturated rings. The zero-order valence-corrected chi connectivity index (χ0v) is 9.57. The van der Waals surface area contributed by atoms with E-state index in [-0.39, 0.29) is 34.6 Å². The summed E-state index contributed by atoms with van der Waals surface area (Å²) in [7, 11) is 0. The first-order valence-corrected chi connectivity index (χ1v) is 6.02. The van der Waals surface area contributed by atoms with Crippen molar-refractivity contribution in [1.29, 1.82) is 0 Å². The molecular weight excluding hydrogens is 242 g/mol. The van der Waals surface area contributed by atoms with Crippen molar-refractivity contribution >= 4 is 35.2 Å². The zero-order chi connectivity index (χ0) is 12.4. The highest BCUT2D eigenvalue weighted by Crippen LogP contribution is 2.25. The van der Waals surface area contributed by atoms with E-state index in [1.165, 1.54) is 23.9 Å². The number of hydrogen-bond acceptors (Lipinski definition) is 4. The maximum atomic E-state index is 11.7. The summed E-state index contributed by atoms with van der Waals surface area (Å²) < 4.78 is 0. The van der Waals surface area contributed by atoms with E-state index >= 15 is 0 Å². The molecule has 0 aliphatic carbocycles. The summed E-state index contributed by atoms with van der Waals surface area (Å²) in [6.45, 7) is 0. The van der Waals surface area contributed by atoms with Crippen LogP contribution in [0.15, 0.2) is 24.3 Å². The van der Waals surface area contributed by atoms with Gasteiger partial charge in [-0.15, -0.1) is 11.8 Å². The first-order chi connectivity index (χ1) is 8.11. The van der Waals surface area contributed by atoms with Gasteiger partial charge in [-0.1, -0.05) is 12.1 Å². The Balaban J connectivity index is 2.48. The number of carbonyl (C=O) groups is 3. The molecule has 17 heavy (non-hydrogen) atoms. The van der Waals surface area contributed by atoms with Crippen molar-refractivity contribution in [3.63, 3.8) is 0 Å². The Labute approximate surface area is 101 Å². The average Bonchev–Trinajstić information content (AvgIpc) is 2.29. The molecule has 1 saturated heterocycles. The fraction of sp³-hybridized carbons (Fsp3) is 0.182. The number of nitrogens with zero attached hydrogens (tertiary/aromatic N) is 1. The number of anilines is 1. The summed E-state index contributed by atoms with van der Waals surface area (Å²) in [6, 6.07) is 6.00. The van der Waals surface area contributed by atoms with Gasteiger partial charge in [0.1, 0.15) is 0 Å². The molecule has 1 aliphatic heterocycles. The van der Waals surface area contributed by atoms with E-state index in [1.54, 1.807) is 12.1 Å². The molecule has 1 aromatic carbocycles. The van der Waals surface area contributed by atoms with Gasteiger partial charge < -0.3 is 5.11 Å². The van der Waals surface area contributed by atoms with Crippen LogP contribution in [-0.4, -0.2) is 34.4 Å². The van der Waals surface area contributed by atoms with E-state index < -0.39 is 5.97 Å². The van der Waals surface area contributed by atoms with Gasteiger partial charge in [0.25, 0.3) is 0 Å². The van der Waals surface area contributed by atoms with Crippen molar-refractivity contribution in [2.45, 2.75) is 0 Å². The van der Waals surface area contributed by atoms with Crippen LogP contribution < -0.4 is 4.90 Å². The third-order valence-electron chi connectivity index (χ3n) is 2.33. The molecule has 5 nitrogen and oxygen atoms in total. The van der Waals surface area contributed by atoms with Crippen LogP contribution in [0.2, 0.25) is 0 Å². The Morgan fingerprint density at radius 1 is 1.18 bits per heavy atom. The number of benzene rings is 1. The lowest BCUT2D eigenvalue weighted by atomic mass is 10.1. The molecule has 0 aromatic heterocycles. The number of imide groups is 1. The molecule has 0 radical (unpaired) electrons. The summed E-state index contributed by atoms with van der Waals surface area (Å²) in [5, 5.41) is 9.01. The molecule has 0 spiro atoms. The third-order valence-corrected chi connectivity index (χ3v) is 3.23. The minimum absolute atomic E-state index is 0.0406. The van der Waals surface area contributed by atoms with Crippen LogP contribution in [0.4, 0.5) is 5.69 Å². The normalized spacial score (nSPS) is 16.1. The second-order valence-electron chi connectivity index (χ2n) is 3.44. The van der Waals surface area contributed by atoms with E-state index in [1.807, 2.05) is 0 Å². The molecule has 2 amide bonds. The van der Waals surface area contributed by atoms with Crippen molar-refractivity contribution in [2.24, 2.45) is 0 Å². The minimum Gasteiger partial charge on any atom is -0.478 e. The van der Waals surface area contributed by atoms with Crippen LogP contribution in [0, 0.1) is 0 Å². The van der Waals surface area contributed by atoms with Crippen LogP contribution in [0.5, 0.6) is 0 Å². The van der Waals surface area contributed by atoms with Crippen molar-refractivity contribution in [3.05, 3.63) is 29.8 Å². The summed E-state index contributed by atoms with van der Waals surface area (Å²) in [6.07, 6.45) is 0. The quantitative estimate of drug-likeness (QED) is 0.793. The summed E-state index contributed by atoms with van der Waals surface area (Å²) >= 11 is 1.24. The van der Waals surface area contributed by atoms with Gasteiger partial charge in [-0.05, 0) is 12.1 Å². The Bertz CT molecular complexity index is 484. The van der Waals surface area contributed by atoms with Crippen LogP contribution in [0.3, 0.4) is 0 Å². The smallest absolute Gasteiger partial charge is 0.337 e. The fourth-order valence-electron chi connectivity index (χ4n) is 1.61. The molecule has 88 valence electrons. The Morgan fingerprint density at radius 3 is 2.35 bits per heavy atom. The Kier molecular flexibility index (Phi) is 3.14. The van der Waals surface area contributed by atoms with Crippen LogP contribution in [-0.2, 0) is 9.59 Å². The Morgan fingerprint density at radius 2 is 1.76 bits per heavy atom. The SMILES string of the molecule is O=C(O)c1ccccc1N1C(=O)CSCC1=O. The fourth-order valence-corrected chi connectivity index (χ4v) is 2.32. The maximum Gasteiger partial charge on any atom is 0.337 e. The molecule has 0 saturated carbocycles.